The van der Waals surface area contributed by atoms with Gasteiger partial charge < -0.3 is 9.52 Å². The number of oxazole rings is 1. The van der Waals surface area contributed by atoms with Crippen LogP contribution in [0.25, 0.3) is 11.1 Å². The molecule has 1 aromatic heterocycles. The van der Waals surface area contributed by atoms with E-state index in [1.807, 2.05) is 18.2 Å². The van der Waals surface area contributed by atoms with Gasteiger partial charge >= 0.3 is 5.97 Å². The first-order valence-electron chi connectivity index (χ1n) is 5.98. The second kappa shape index (κ2) is 4.44. The highest BCUT2D eigenvalue weighted by Crippen LogP contribution is 2.30. The fraction of sp³-hybridized carbons (Fsp3) is 0.429. The molecule has 4 heteroatoms. The maximum absolute atomic E-state index is 10.5. The lowest BCUT2D eigenvalue weighted by Gasteiger charge is -2.18. The maximum atomic E-state index is 10.5. The molecule has 96 valence electrons. The van der Waals surface area contributed by atoms with Crippen LogP contribution in [-0.2, 0) is 16.6 Å². The number of hydrogen-bond acceptors (Lipinski definition) is 3. The molecule has 0 unspecified atom stereocenters. The van der Waals surface area contributed by atoms with Crippen LogP contribution >= 0.6 is 0 Å². The summed E-state index contributed by atoms with van der Waals surface area (Å²) in [6, 6.07) is 5.86. The molecular weight excluding hydrogens is 230 g/mol. The molecule has 0 spiro atoms. The van der Waals surface area contributed by atoms with Crippen molar-refractivity contribution in [2.45, 2.75) is 39.0 Å². The number of fused-ring (bicyclic) bond motifs is 1. The second-order valence-electron chi connectivity index (χ2n) is 5.41. The van der Waals surface area contributed by atoms with E-state index in [9.17, 15) is 4.79 Å². The zero-order valence-corrected chi connectivity index (χ0v) is 10.9. The number of benzene rings is 1. The van der Waals surface area contributed by atoms with E-state index in [0.29, 0.717) is 12.3 Å². The first-order chi connectivity index (χ1) is 8.38. The van der Waals surface area contributed by atoms with Crippen molar-refractivity contribution in [2.24, 2.45) is 0 Å². The average Bonchev–Trinajstić information content (AvgIpc) is 2.66. The summed E-state index contributed by atoms with van der Waals surface area (Å²) < 4.78 is 5.70. The molecule has 0 aliphatic rings. The topological polar surface area (TPSA) is 63.3 Å². The molecule has 1 aromatic carbocycles. The highest BCUT2D eigenvalue weighted by atomic mass is 16.4. The number of hydrogen-bond donors (Lipinski definition) is 1. The van der Waals surface area contributed by atoms with E-state index in [1.165, 1.54) is 0 Å². The minimum absolute atomic E-state index is 0.0247. The lowest BCUT2D eigenvalue weighted by molar-refractivity contribution is -0.137. The third-order valence-corrected chi connectivity index (χ3v) is 2.82. The van der Waals surface area contributed by atoms with Gasteiger partial charge in [0.05, 0.1) is 6.42 Å². The molecule has 0 bridgehead atoms. The molecule has 0 aliphatic carbocycles. The van der Waals surface area contributed by atoms with Gasteiger partial charge in [0.2, 0.25) is 0 Å². The predicted octanol–water partition coefficient (Wildman–Crippen LogP) is 3.14. The molecule has 4 nitrogen and oxygen atoms in total. The third kappa shape index (κ3) is 2.53. The molecule has 0 fully saturated rings. The molecule has 1 heterocycles. The lowest BCUT2D eigenvalue weighted by Crippen LogP contribution is -2.10. The van der Waals surface area contributed by atoms with Crippen molar-refractivity contribution in [3.8, 4) is 0 Å². The summed E-state index contributed by atoms with van der Waals surface area (Å²) in [6.07, 6.45) is 0.366. The first-order valence-corrected chi connectivity index (χ1v) is 5.98. The van der Waals surface area contributed by atoms with E-state index in [4.69, 9.17) is 9.52 Å². The number of carboxylic acid groups (broad SMARTS) is 1. The summed E-state index contributed by atoms with van der Waals surface area (Å²) in [5.74, 6) is -0.350. The van der Waals surface area contributed by atoms with Gasteiger partial charge in [-0.1, -0.05) is 32.9 Å². The largest absolute Gasteiger partial charge is 0.481 e. The van der Waals surface area contributed by atoms with Crippen molar-refractivity contribution in [3.05, 3.63) is 29.7 Å². The monoisotopic (exact) mass is 247 g/mol. The number of carboxylic acids is 1. The molecule has 1 N–H and O–H groups in total. The molecule has 2 rings (SSSR count). The van der Waals surface area contributed by atoms with Crippen LogP contribution in [0.5, 0.6) is 0 Å². The van der Waals surface area contributed by atoms with Gasteiger partial charge in [-0.3, -0.25) is 4.79 Å². The number of aliphatic carboxylic acids is 1. The zero-order valence-electron chi connectivity index (χ0n) is 10.9. The number of para-hydroxylation sites is 1. The van der Waals surface area contributed by atoms with E-state index in [1.54, 1.807) is 0 Å². The molecule has 0 saturated carbocycles. The number of aromatic nitrogens is 1. The van der Waals surface area contributed by atoms with Gasteiger partial charge in [0.25, 0.3) is 0 Å². The second-order valence-corrected chi connectivity index (χ2v) is 5.41. The van der Waals surface area contributed by atoms with Crippen LogP contribution in [0.4, 0.5) is 0 Å². The van der Waals surface area contributed by atoms with Crippen LogP contribution in [0, 0.1) is 0 Å². The Hall–Kier alpha value is -1.84. The molecule has 0 amide bonds. The average molecular weight is 247 g/mol. The number of carbonyl (C=O) groups is 1. The lowest BCUT2D eigenvalue weighted by atomic mass is 9.86. The Morgan fingerprint density at radius 1 is 1.39 bits per heavy atom. The standard InChI is InChI=1S/C14H17NO3/c1-14(2,3)9-5-4-6-10-13(9)18-11(15-10)7-8-12(16)17/h4-6H,7-8H2,1-3H3,(H,16,17). The summed E-state index contributed by atoms with van der Waals surface area (Å²) in [5, 5.41) is 8.66. The maximum Gasteiger partial charge on any atom is 0.303 e. The van der Waals surface area contributed by atoms with Crippen LogP contribution in [-0.4, -0.2) is 16.1 Å². The van der Waals surface area contributed by atoms with E-state index >= 15 is 0 Å². The van der Waals surface area contributed by atoms with Crippen molar-refractivity contribution in [1.82, 2.24) is 4.98 Å². The first kappa shape index (κ1) is 12.6. The van der Waals surface area contributed by atoms with Crippen molar-refractivity contribution in [3.63, 3.8) is 0 Å². The Kier molecular flexibility index (Phi) is 3.11. The van der Waals surface area contributed by atoms with Gasteiger partial charge in [-0.05, 0) is 11.5 Å². The third-order valence-electron chi connectivity index (χ3n) is 2.82. The predicted molar refractivity (Wildman–Crippen MR) is 68.7 cm³/mol. The van der Waals surface area contributed by atoms with Gasteiger partial charge in [-0.25, -0.2) is 4.98 Å². The SMILES string of the molecule is CC(C)(C)c1cccc2nc(CCC(=O)O)oc12. The minimum atomic E-state index is -0.840. The molecular formula is C14H17NO3. The Bertz CT molecular complexity index is 578. The molecule has 0 radical (unpaired) electrons. The van der Waals surface area contributed by atoms with Gasteiger partial charge in [-0.2, -0.15) is 0 Å². The quantitative estimate of drug-likeness (QED) is 0.905. The van der Waals surface area contributed by atoms with Crippen molar-refractivity contribution in [1.29, 1.82) is 0 Å². The van der Waals surface area contributed by atoms with Crippen molar-refractivity contribution >= 4 is 17.1 Å². The van der Waals surface area contributed by atoms with Crippen molar-refractivity contribution in [2.75, 3.05) is 0 Å². The van der Waals surface area contributed by atoms with Gasteiger partial charge in [0.1, 0.15) is 5.52 Å². The molecule has 18 heavy (non-hydrogen) atoms. The zero-order chi connectivity index (χ0) is 13.3. The summed E-state index contributed by atoms with van der Waals surface area (Å²) >= 11 is 0. The van der Waals surface area contributed by atoms with E-state index in [-0.39, 0.29) is 11.8 Å². The van der Waals surface area contributed by atoms with Crippen LogP contribution < -0.4 is 0 Å². The van der Waals surface area contributed by atoms with Crippen LogP contribution in [0.2, 0.25) is 0 Å². The summed E-state index contributed by atoms with van der Waals surface area (Å²) in [4.78, 5) is 14.9. The van der Waals surface area contributed by atoms with Crippen LogP contribution in [0.3, 0.4) is 0 Å². The van der Waals surface area contributed by atoms with E-state index in [2.05, 4.69) is 25.8 Å². The highest BCUT2D eigenvalue weighted by Gasteiger charge is 2.20. The molecule has 0 saturated heterocycles. The fourth-order valence-corrected chi connectivity index (χ4v) is 1.91. The Balaban J connectivity index is 2.42. The van der Waals surface area contributed by atoms with E-state index < -0.39 is 5.97 Å². The highest BCUT2D eigenvalue weighted by molar-refractivity contribution is 5.77. The molecule has 0 aliphatic heterocycles. The number of nitrogens with zero attached hydrogens (tertiary/aromatic N) is 1. The van der Waals surface area contributed by atoms with Gasteiger partial charge in [-0.15, -0.1) is 0 Å². The summed E-state index contributed by atoms with van der Waals surface area (Å²) in [7, 11) is 0. The number of aryl methyl sites for hydroxylation is 1. The number of rotatable bonds is 3. The summed E-state index contributed by atoms with van der Waals surface area (Å²) in [5.41, 5.74) is 2.63. The molecule has 2 aromatic rings. The molecule has 0 atom stereocenters. The Labute approximate surface area is 106 Å². The van der Waals surface area contributed by atoms with Crippen molar-refractivity contribution < 1.29 is 14.3 Å². The van der Waals surface area contributed by atoms with Gasteiger partial charge in [0, 0.05) is 12.0 Å². The van der Waals surface area contributed by atoms with Gasteiger partial charge in [0.15, 0.2) is 11.5 Å². The minimum Gasteiger partial charge on any atom is -0.481 e. The normalized spacial score (nSPS) is 11.9. The van der Waals surface area contributed by atoms with Crippen LogP contribution in [0.1, 0.15) is 38.6 Å². The summed E-state index contributed by atoms with van der Waals surface area (Å²) in [6.45, 7) is 6.34. The Morgan fingerprint density at radius 2 is 2.11 bits per heavy atom. The Morgan fingerprint density at radius 3 is 2.72 bits per heavy atom. The van der Waals surface area contributed by atoms with E-state index in [0.717, 1.165) is 16.7 Å². The van der Waals surface area contributed by atoms with Crippen LogP contribution in [0.15, 0.2) is 22.6 Å². The fourth-order valence-electron chi connectivity index (χ4n) is 1.91. The smallest absolute Gasteiger partial charge is 0.303 e.